The van der Waals surface area contributed by atoms with Gasteiger partial charge in [0.2, 0.25) is 0 Å². The molecule has 1 aliphatic carbocycles. The first-order chi connectivity index (χ1) is 8.72. The molecule has 2 aliphatic rings. The van der Waals surface area contributed by atoms with Crippen LogP contribution in [0, 0.1) is 11.8 Å². The Morgan fingerprint density at radius 1 is 1.28 bits per heavy atom. The standard InChI is InChI=1S/C15H30N2O/c1-4-8-18-9-7-17-11-14(12(2)3)16-10-15(17)13-5-6-13/h12-16H,4-11H2,1-3H3. The van der Waals surface area contributed by atoms with E-state index in [1.54, 1.807) is 0 Å². The summed E-state index contributed by atoms with van der Waals surface area (Å²) in [7, 11) is 0. The van der Waals surface area contributed by atoms with Gasteiger partial charge in [-0.25, -0.2) is 0 Å². The molecule has 1 saturated heterocycles. The van der Waals surface area contributed by atoms with E-state index in [1.165, 1.54) is 25.9 Å². The summed E-state index contributed by atoms with van der Waals surface area (Å²) in [6, 6.07) is 1.43. The van der Waals surface area contributed by atoms with E-state index < -0.39 is 0 Å². The Bertz CT molecular complexity index is 241. The van der Waals surface area contributed by atoms with Crippen LogP contribution in [0.15, 0.2) is 0 Å². The zero-order chi connectivity index (χ0) is 13.0. The van der Waals surface area contributed by atoms with Gasteiger partial charge in [0.1, 0.15) is 0 Å². The van der Waals surface area contributed by atoms with Crippen LogP contribution in [0.2, 0.25) is 0 Å². The van der Waals surface area contributed by atoms with Gasteiger partial charge in [-0.15, -0.1) is 0 Å². The predicted octanol–water partition coefficient (Wildman–Crippen LogP) is 2.12. The van der Waals surface area contributed by atoms with Crippen molar-refractivity contribution >= 4 is 0 Å². The van der Waals surface area contributed by atoms with Crippen molar-refractivity contribution in [3.8, 4) is 0 Å². The number of hydrogen-bond donors (Lipinski definition) is 1. The molecule has 1 N–H and O–H groups in total. The van der Waals surface area contributed by atoms with Crippen molar-refractivity contribution in [2.45, 2.75) is 52.1 Å². The first-order valence-electron chi connectivity index (χ1n) is 7.77. The molecule has 2 atom stereocenters. The Morgan fingerprint density at radius 3 is 2.67 bits per heavy atom. The Kier molecular flexibility index (Phi) is 5.46. The van der Waals surface area contributed by atoms with Gasteiger partial charge in [0.15, 0.2) is 0 Å². The molecule has 106 valence electrons. The molecule has 1 heterocycles. The van der Waals surface area contributed by atoms with Gasteiger partial charge in [0, 0.05) is 38.3 Å². The summed E-state index contributed by atoms with van der Waals surface area (Å²) in [5, 5.41) is 3.74. The molecule has 0 bridgehead atoms. The van der Waals surface area contributed by atoms with Crippen molar-refractivity contribution in [3.05, 3.63) is 0 Å². The second kappa shape index (κ2) is 6.88. The molecule has 2 fully saturated rings. The number of hydrogen-bond acceptors (Lipinski definition) is 3. The van der Waals surface area contributed by atoms with Gasteiger partial charge in [0.25, 0.3) is 0 Å². The number of nitrogens with zero attached hydrogens (tertiary/aromatic N) is 1. The third kappa shape index (κ3) is 3.94. The van der Waals surface area contributed by atoms with Crippen LogP contribution in [0.1, 0.15) is 40.0 Å². The molecule has 3 nitrogen and oxygen atoms in total. The fourth-order valence-corrected chi connectivity index (χ4v) is 2.93. The molecule has 0 radical (unpaired) electrons. The highest BCUT2D eigenvalue weighted by molar-refractivity contribution is 4.95. The molecule has 0 aromatic carbocycles. The van der Waals surface area contributed by atoms with E-state index >= 15 is 0 Å². The molecule has 1 aliphatic heterocycles. The lowest BCUT2D eigenvalue weighted by atomic mass is 9.97. The summed E-state index contributed by atoms with van der Waals surface area (Å²) in [6.07, 6.45) is 4.00. The average molecular weight is 254 g/mol. The van der Waals surface area contributed by atoms with Crippen LogP contribution in [0.25, 0.3) is 0 Å². The molecule has 2 rings (SSSR count). The van der Waals surface area contributed by atoms with E-state index in [-0.39, 0.29) is 0 Å². The molecular formula is C15H30N2O. The van der Waals surface area contributed by atoms with Gasteiger partial charge in [-0.05, 0) is 31.1 Å². The molecule has 3 heteroatoms. The van der Waals surface area contributed by atoms with Gasteiger partial charge in [-0.2, -0.15) is 0 Å². The van der Waals surface area contributed by atoms with Crippen molar-refractivity contribution in [2.24, 2.45) is 11.8 Å². The summed E-state index contributed by atoms with van der Waals surface area (Å²) in [5.41, 5.74) is 0. The lowest BCUT2D eigenvalue weighted by Gasteiger charge is -2.42. The van der Waals surface area contributed by atoms with Crippen LogP contribution in [0.3, 0.4) is 0 Å². The van der Waals surface area contributed by atoms with Crippen LogP contribution >= 0.6 is 0 Å². The maximum atomic E-state index is 5.67. The number of rotatable bonds is 7. The minimum Gasteiger partial charge on any atom is -0.380 e. The third-order valence-electron chi connectivity index (χ3n) is 4.33. The van der Waals surface area contributed by atoms with Crippen molar-refractivity contribution < 1.29 is 4.74 Å². The van der Waals surface area contributed by atoms with E-state index in [2.05, 4.69) is 31.0 Å². The molecule has 0 amide bonds. The molecule has 18 heavy (non-hydrogen) atoms. The topological polar surface area (TPSA) is 24.5 Å². The van der Waals surface area contributed by atoms with Crippen molar-refractivity contribution in [1.29, 1.82) is 0 Å². The first kappa shape index (κ1) is 14.3. The maximum Gasteiger partial charge on any atom is 0.0593 e. The van der Waals surface area contributed by atoms with E-state index in [0.717, 1.165) is 44.1 Å². The van der Waals surface area contributed by atoms with E-state index in [0.29, 0.717) is 6.04 Å². The van der Waals surface area contributed by atoms with Crippen molar-refractivity contribution in [3.63, 3.8) is 0 Å². The Labute approximate surface area is 112 Å². The Morgan fingerprint density at radius 2 is 2.06 bits per heavy atom. The number of nitrogens with one attached hydrogen (secondary N) is 1. The SMILES string of the molecule is CCCOCCN1CC(C(C)C)NCC1C1CC1. The lowest BCUT2D eigenvalue weighted by Crippen LogP contribution is -2.59. The summed E-state index contributed by atoms with van der Waals surface area (Å²) in [6.45, 7) is 12.1. The molecular weight excluding hydrogens is 224 g/mol. The van der Waals surface area contributed by atoms with Gasteiger partial charge >= 0.3 is 0 Å². The summed E-state index contributed by atoms with van der Waals surface area (Å²) >= 11 is 0. The Hall–Kier alpha value is -0.120. The van der Waals surface area contributed by atoms with Gasteiger partial charge in [0.05, 0.1) is 6.61 Å². The smallest absolute Gasteiger partial charge is 0.0593 e. The highest BCUT2D eigenvalue weighted by Crippen LogP contribution is 2.36. The van der Waals surface area contributed by atoms with E-state index in [4.69, 9.17) is 4.74 Å². The first-order valence-corrected chi connectivity index (χ1v) is 7.77. The quantitative estimate of drug-likeness (QED) is 0.704. The highest BCUT2D eigenvalue weighted by atomic mass is 16.5. The zero-order valence-electron chi connectivity index (χ0n) is 12.3. The Balaban J connectivity index is 1.80. The highest BCUT2D eigenvalue weighted by Gasteiger charge is 2.38. The molecule has 0 aromatic heterocycles. The third-order valence-corrected chi connectivity index (χ3v) is 4.33. The number of ether oxygens (including phenoxy) is 1. The van der Waals surface area contributed by atoms with Crippen LogP contribution in [0.5, 0.6) is 0 Å². The van der Waals surface area contributed by atoms with Gasteiger partial charge in [-0.3, -0.25) is 4.90 Å². The summed E-state index contributed by atoms with van der Waals surface area (Å²) < 4.78 is 5.67. The minimum absolute atomic E-state index is 0.658. The minimum atomic E-state index is 0.658. The summed E-state index contributed by atoms with van der Waals surface area (Å²) in [5.74, 6) is 1.68. The van der Waals surface area contributed by atoms with Crippen LogP contribution in [0.4, 0.5) is 0 Å². The van der Waals surface area contributed by atoms with Crippen LogP contribution in [-0.2, 0) is 4.74 Å². The molecule has 1 saturated carbocycles. The largest absolute Gasteiger partial charge is 0.380 e. The normalized spacial score (nSPS) is 30.0. The average Bonchev–Trinajstić information content (AvgIpc) is 3.18. The summed E-state index contributed by atoms with van der Waals surface area (Å²) in [4.78, 5) is 2.69. The van der Waals surface area contributed by atoms with Crippen molar-refractivity contribution in [2.75, 3.05) is 32.8 Å². The molecule has 2 unspecified atom stereocenters. The zero-order valence-corrected chi connectivity index (χ0v) is 12.3. The molecule has 0 aromatic rings. The monoisotopic (exact) mass is 254 g/mol. The van der Waals surface area contributed by atoms with Gasteiger partial charge < -0.3 is 10.1 Å². The fraction of sp³-hybridized carbons (Fsp3) is 1.00. The predicted molar refractivity (Wildman–Crippen MR) is 75.8 cm³/mol. The van der Waals surface area contributed by atoms with Crippen LogP contribution < -0.4 is 5.32 Å². The molecule has 0 spiro atoms. The fourth-order valence-electron chi connectivity index (χ4n) is 2.93. The number of piperazine rings is 1. The van der Waals surface area contributed by atoms with E-state index in [9.17, 15) is 0 Å². The van der Waals surface area contributed by atoms with E-state index in [1.807, 2.05) is 0 Å². The lowest BCUT2D eigenvalue weighted by molar-refractivity contribution is 0.0519. The second-order valence-electron chi connectivity index (χ2n) is 6.27. The second-order valence-corrected chi connectivity index (χ2v) is 6.27. The maximum absolute atomic E-state index is 5.67. The van der Waals surface area contributed by atoms with Crippen LogP contribution in [-0.4, -0.2) is 49.8 Å². The van der Waals surface area contributed by atoms with Gasteiger partial charge in [-0.1, -0.05) is 20.8 Å². The van der Waals surface area contributed by atoms with Crippen molar-refractivity contribution in [1.82, 2.24) is 10.2 Å².